The first kappa shape index (κ1) is 13.0. The van der Waals surface area contributed by atoms with Gasteiger partial charge in [0.25, 0.3) is 5.91 Å². The van der Waals surface area contributed by atoms with Crippen molar-refractivity contribution >= 4 is 28.1 Å². The van der Waals surface area contributed by atoms with Crippen LogP contribution in [0.5, 0.6) is 0 Å². The van der Waals surface area contributed by atoms with Gasteiger partial charge in [-0.2, -0.15) is 0 Å². The average molecular weight is 279 g/mol. The highest BCUT2D eigenvalue weighted by Gasteiger charge is 2.10. The summed E-state index contributed by atoms with van der Waals surface area (Å²) in [4.78, 5) is 20.4. The third-order valence-electron chi connectivity index (χ3n) is 3.09. The Morgan fingerprint density at radius 3 is 2.90 bits per heavy atom. The number of pyridine rings is 2. The van der Waals surface area contributed by atoms with Crippen LogP contribution < -0.4 is 16.6 Å². The van der Waals surface area contributed by atoms with Crippen LogP contribution in [0.25, 0.3) is 10.8 Å². The molecule has 0 atom stereocenters. The minimum atomic E-state index is -0.295. The van der Waals surface area contributed by atoms with Crippen LogP contribution in [0.2, 0.25) is 0 Å². The predicted octanol–water partition coefficient (Wildman–Crippen LogP) is 2.17. The molecule has 1 amide bonds. The first-order valence-electron chi connectivity index (χ1n) is 6.35. The number of amides is 1. The molecule has 3 aromatic rings. The number of nitrogens with one attached hydrogen (secondary N) is 2. The average Bonchev–Trinajstić information content (AvgIpc) is 2.55. The van der Waals surface area contributed by atoms with Crippen LogP contribution in [-0.4, -0.2) is 15.9 Å². The van der Waals surface area contributed by atoms with Crippen molar-refractivity contribution in [1.29, 1.82) is 0 Å². The number of hydrogen-bond acceptors (Lipinski definition) is 5. The molecule has 0 saturated heterocycles. The third kappa shape index (κ3) is 2.65. The largest absolute Gasteiger partial charge is 0.324 e. The Balaban J connectivity index is 1.93. The number of nitrogens with zero attached hydrogens (tertiary/aromatic N) is 2. The number of aromatic nitrogens is 2. The SMILES string of the molecule is NNc1ccnc(C(=O)Nc2cccc3cnccc23)c1. The molecule has 0 bridgehead atoms. The number of carbonyl (C=O) groups excluding carboxylic acids is 1. The van der Waals surface area contributed by atoms with Crippen molar-refractivity contribution in [3.05, 3.63) is 60.7 Å². The van der Waals surface area contributed by atoms with Gasteiger partial charge in [-0.25, -0.2) is 0 Å². The molecule has 0 unspecified atom stereocenters. The molecule has 2 heterocycles. The summed E-state index contributed by atoms with van der Waals surface area (Å²) < 4.78 is 0. The first-order chi connectivity index (χ1) is 10.3. The number of carbonyl (C=O) groups is 1. The van der Waals surface area contributed by atoms with Crippen molar-refractivity contribution in [1.82, 2.24) is 9.97 Å². The molecule has 3 rings (SSSR count). The van der Waals surface area contributed by atoms with Crippen molar-refractivity contribution < 1.29 is 4.79 Å². The van der Waals surface area contributed by atoms with E-state index in [4.69, 9.17) is 5.84 Å². The third-order valence-corrected chi connectivity index (χ3v) is 3.09. The second-order valence-electron chi connectivity index (χ2n) is 4.43. The minimum Gasteiger partial charge on any atom is -0.324 e. The predicted molar refractivity (Wildman–Crippen MR) is 81.7 cm³/mol. The highest BCUT2D eigenvalue weighted by Crippen LogP contribution is 2.22. The summed E-state index contributed by atoms with van der Waals surface area (Å²) in [6.07, 6.45) is 4.97. The van der Waals surface area contributed by atoms with Crippen LogP contribution in [0.15, 0.2) is 55.0 Å². The number of fused-ring (bicyclic) bond motifs is 1. The summed E-state index contributed by atoms with van der Waals surface area (Å²) in [5.74, 6) is 5.03. The van der Waals surface area contributed by atoms with Crippen molar-refractivity contribution in [3.63, 3.8) is 0 Å². The molecule has 1 aromatic carbocycles. The number of nitrogen functional groups attached to an aromatic ring is 1. The van der Waals surface area contributed by atoms with Gasteiger partial charge in [-0.15, -0.1) is 0 Å². The lowest BCUT2D eigenvalue weighted by Gasteiger charge is -2.08. The lowest BCUT2D eigenvalue weighted by molar-refractivity contribution is 0.102. The smallest absolute Gasteiger partial charge is 0.274 e. The second-order valence-corrected chi connectivity index (χ2v) is 4.43. The molecule has 104 valence electrons. The summed E-state index contributed by atoms with van der Waals surface area (Å²) in [6, 6.07) is 10.8. The molecule has 21 heavy (non-hydrogen) atoms. The summed E-state index contributed by atoms with van der Waals surface area (Å²) in [6.45, 7) is 0. The fourth-order valence-corrected chi connectivity index (χ4v) is 2.06. The normalized spacial score (nSPS) is 10.3. The van der Waals surface area contributed by atoms with E-state index in [9.17, 15) is 4.79 Å². The fraction of sp³-hybridized carbons (Fsp3) is 0. The van der Waals surface area contributed by atoms with Crippen LogP contribution in [-0.2, 0) is 0 Å². The van der Waals surface area contributed by atoms with Crippen molar-refractivity contribution in [3.8, 4) is 0 Å². The molecule has 2 aromatic heterocycles. The maximum Gasteiger partial charge on any atom is 0.274 e. The van der Waals surface area contributed by atoms with Crippen LogP contribution in [0.1, 0.15) is 10.5 Å². The Morgan fingerprint density at radius 2 is 2.05 bits per heavy atom. The maximum atomic E-state index is 12.3. The van der Waals surface area contributed by atoms with Gasteiger partial charge in [0.1, 0.15) is 5.69 Å². The van der Waals surface area contributed by atoms with E-state index in [1.165, 1.54) is 6.20 Å². The molecule has 0 fully saturated rings. The van der Waals surface area contributed by atoms with Crippen molar-refractivity contribution in [2.75, 3.05) is 10.7 Å². The highest BCUT2D eigenvalue weighted by atomic mass is 16.1. The zero-order chi connectivity index (χ0) is 14.7. The van der Waals surface area contributed by atoms with E-state index >= 15 is 0 Å². The second kappa shape index (κ2) is 5.56. The number of anilines is 2. The van der Waals surface area contributed by atoms with Gasteiger partial charge in [-0.05, 0) is 24.3 Å². The fourth-order valence-electron chi connectivity index (χ4n) is 2.06. The van der Waals surface area contributed by atoms with Crippen LogP contribution in [0, 0.1) is 0 Å². The van der Waals surface area contributed by atoms with Crippen LogP contribution >= 0.6 is 0 Å². The Labute approximate surface area is 121 Å². The minimum absolute atomic E-state index is 0.288. The molecule has 0 aliphatic rings. The van der Waals surface area contributed by atoms with E-state index in [0.29, 0.717) is 11.4 Å². The Kier molecular flexibility index (Phi) is 3.44. The van der Waals surface area contributed by atoms with Gasteiger partial charge in [-0.3, -0.25) is 20.6 Å². The summed E-state index contributed by atoms with van der Waals surface area (Å²) in [5.41, 5.74) is 4.11. The van der Waals surface area contributed by atoms with Crippen molar-refractivity contribution in [2.45, 2.75) is 0 Å². The zero-order valence-electron chi connectivity index (χ0n) is 11.1. The van der Waals surface area contributed by atoms with Gasteiger partial charge in [0.15, 0.2) is 0 Å². The zero-order valence-corrected chi connectivity index (χ0v) is 11.1. The number of hydrogen-bond donors (Lipinski definition) is 3. The Hall–Kier alpha value is -2.99. The molecular formula is C15H13N5O. The van der Waals surface area contributed by atoms with E-state index in [1.54, 1.807) is 24.5 Å². The lowest BCUT2D eigenvalue weighted by atomic mass is 10.1. The van der Waals surface area contributed by atoms with E-state index in [-0.39, 0.29) is 11.6 Å². The summed E-state index contributed by atoms with van der Waals surface area (Å²) >= 11 is 0. The molecule has 0 radical (unpaired) electrons. The van der Waals surface area contributed by atoms with E-state index < -0.39 is 0 Å². The quantitative estimate of drug-likeness (QED) is 0.504. The monoisotopic (exact) mass is 279 g/mol. The number of hydrazine groups is 1. The number of rotatable bonds is 3. The maximum absolute atomic E-state index is 12.3. The van der Waals surface area contributed by atoms with E-state index in [2.05, 4.69) is 20.7 Å². The molecule has 0 spiro atoms. The Bertz CT molecular complexity index is 797. The number of nitrogens with two attached hydrogens (primary N) is 1. The molecular weight excluding hydrogens is 266 g/mol. The van der Waals surface area contributed by atoms with Gasteiger partial charge in [0.2, 0.25) is 0 Å². The van der Waals surface area contributed by atoms with E-state index in [1.807, 2.05) is 24.3 Å². The lowest BCUT2D eigenvalue weighted by Crippen LogP contribution is -2.15. The van der Waals surface area contributed by atoms with E-state index in [0.717, 1.165) is 10.8 Å². The molecule has 0 saturated carbocycles. The van der Waals surface area contributed by atoms with Crippen LogP contribution in [0.3, 0.4) is 0 Å². The van der Waals surface area contributed by atoms with Gasteiger partial charge in [-0.1, -0.05) is 12.1 Å². The highest BCUT2D eigenvalue weighted by molar-refractivity contribution is 6.08. The number of benzene rings is 1. The molecule has 6 nitrogen and oxygen atoms in total. The van der Waals surface area contributed by atoms with Crippen molar-refractivity contribution in [2.24, 2.45) is 5.84 Å². The van der Waals surface area contributed by atoms with Crippen LogP contribution in [0.4, 0.5) is 11.4 Å². The molecule has 0 aliphatic carbocycles. The standard InChI is InChI=1S/C15H13N5O/c16-20-11-4-7-18-14(8-11)15(21)19-13-3-1-2-10-9-17-6-5-12(10)13/h1-9H,16H2,(H,18,20)(H,19,21). The molecule has 6 heteroatoms. The summed E-state index contributed by atoms with van der Waals surface area (Å²) in [7, 11) is 0. The van der Waals surface area contributed by atoms with Gasteiger partial charge < -0.3 is 10.7 Å². The first-order valence-corrected chi connectivity index (χ1v) is 6.35. The Morgan fingerprint density at radius 1 is 1.14 bits per heavy atom. The van der Waals surface area contributed by atoms with Gasteiger partial charge in [0.05, 0.1) is 5.69 Å². The molecule has 0 aliphatic heterocycles. The van der Waals surface area contributed by atoms with Gasteiger partial charge >= 0.3 is 0 Å². The topological polar surface area (TPSA) is 92.9 Å². The van der Waals surface area contributed by atoms with Gasteiger partial charge in [0, 0.05) is 35.1 Å². The summed E-state index contributed by atoms with van der Waals surface area (Å²) in [5, 5.41) is 4.74. The molecule has 4 N–H and O–H groups in total.